The van der Waals surface area contributed by atoms with Crippen molar-refractivity contribution in [2.75, 3.05) is 0 Å². The lowest BCUT2D eigenvalue weighted by molar-refractivity contribution is -0.196. The van der Waals surface area contributed by atoms with Gasteiger partial charge in [-0.2, -0.15) is 0 Å². The molecule has 7 heteroatoms. The van der Waals surface area contributed by atoms with E-state index in [1.165, 1.54) is 19.4 Å². The van der Waals surface area contributed by atoms with Crippen molar-refractivity contribution in [3.63, 3.8) is 0 Å². The van der Waals surface area contributed by atoms with Crippen LogP contribution in [-0.4, -0.2) is 57.3 Å². The molecule has 3 fully saturated rings. The number of ether oxygens (including phenoxy) is 2. The summed E-state index contributed by atoms with van der Waals surface area (Å²) in [5.74, 6) is -0.658. The molecule has 0 bridgehead atoms. The first-order valence-electron chi connectivity index (χ1n) is 14.9. The van der Waals surface area contributed by atoms with Crippen molar-refractivity contribution in [3.05, 3.63) is 23.8 Å². The second kappa shape index (κ2) is 10.6. The van der Waals surface area contributed by atoms with Gasteiger partial charge in [0, 0.05) is 19.8 Å². The molecule has 0 aromatic rings. The molecule has 3 saturated carbocycles. The molecule has 0 saturated heterocycles. The van der Waals surface area contributed by atoms with Crippen molar-refractivity contribution >= 4 is 11.9 Å². The number of rotatable bonds is 7. The first-order chi connectivity index (χ1) is 18.0. The number of hydrogen-bond acceptors (Lipinski definition) is 7. The highest BCUT2D eigenvalue weighted by Crippen LogP contribution is 2.67. The topological polar surface area (TPSA) is 113 Å². The van der Waals surface area contributed by atoms with Crippen molar-refractivity contribution in [3.8, 4) is 0 Å². The lowest BCUT2D eigenvalue weighted by Crippen LogP contribution is -2.61. The maximum absolute atomic E-state index is 12.3. The molecule has 0 unspecified atom stereocenters. The molecule has 0 aromatic heterocycles. The first kappa shape index (κ1) is 30.3. The van der Waals surface area contributed by atoms with Crippen LogP contribution in [0.2, 0.25) is 0 Å². The Balaban J connectivity index is 1.71. The van der Waals surface area contributed by atoms with E-state index in [-0.39, 0.29) is 40.4 Å². The van der Waals surface area contributed by atoms with Crippen LogP contribution in [-0.2, 0) is 19.1 Å². The Morgan fingerprint density at radius 2 is 1.64 bits per heavy atom. The fourth-order valence-electron chi connectivity index (χ4n) is 9.13. The smallest absolute Gasteiger partial charge is 0.303 e. The summed E-state index contributed by atoms with van der Waals surface area (Å²) in [6.45, 7) is 17.2. The summed E-state index contributed by atoms with van der Waals surface area (Å²) < 4.78 is 11.6. The zero-order valence-electron chi connectivity index (χ0n) is 24.9. The van der Waals surface area contributed by atoms with Crippen molar-refractivity contribution in [1.82, 2.24) is 0 Å². The van der Waals surface area contributed by atoms with Gasteiger partial charge in [0.15, 0.2) is 0 Å². The largest absolute Gasteiger partial charge is 0.459 e. The first-order valence-corrected chi connectivity index (χ1v) is 14.9. The number of hydrogen-bond donors (Lipinski definition) is 3. The molecule has 0 amide bonds. The van der Waals surface area contributed by atoms with Gasteiger partial charge in [-0.05, 0) is 92.4 Å². The van der Waals surface area contributed by atoms with Gasteiger partial charge >= 0.3 is 11.9 Å². The molecular weight excluding hydrogens is 496 g/mol. The molecule has 4 aliphatic rings. The average Bonchev–Trinajstić information content (AvgIpc) is 3.18. The fourth-order valence-corrected chi connectivity index (χ4v) is 9.13. The highest BCUT2D eigenvalue weighted by Gasteiger charge is 2.64. The lowest BCUT2D eigenvalue weighted by atomic mass is 9.46. The summed E-state index contributed by atoms with van der Waals surface area (Å²) >= 11 is 0. The summed E-state index contributed by atoms with van der Waals surface area (Å²) in [6, 6.07) is 0. The molecule has 0 aliphatic heterocycles. The molecule has 11 atom stereocenters. The summed E-state index contributed by atoms with van der Waals surface area (Å²) in [5.41, 5.74) is 0.400. The van der Waals surface area contributed by atoms with E-state index in [0.717, 1.165) is 37.7 Å². The Hall–Kier alpha value is -1.70. The number of carbonyl (C=O) groups is 2. The van der Waals surface area contributed by atoms with E-state index in [4.69, 9.17) is 9.47 Å². The fraction of sp³-hybridized carbons (Fsp3) is 0.812. The van der Waals surface area contributed by atoms with E-state index < -0.39 is 42.0 Å². The number of carbonyl (C=O) groups excluding carboxylic acids is 2. The molecule has 0 radical (unpaired) electrons. The Kier molecular flexibility index (Phi) is 8.23. The van der Waals surface area contributed by atoms with E-state index in [0.29, 0.717) is 12.8 Å². The van der Waals surface area contributed by atoms with Crippen molar-refractivity contribution < 1.29 is 34.4 Å². The lowest BCUT2D eigenvalue weighted by Gasteiger charge is -2.60. The number of aliphatic hydroxyl groups is 3. The predicted molar refractivity (Wildman–Crippen MR) is 148 cm³/mol. The van der Waals surface area contributed by atoms with Gasteiger partial charge < -0.3 is 24.8 Å². The quantitative estimate of drug-likeness (QED) is 0.313. The van der Waals surface area contributed by atoms with E-state index in [1.54, 1.807) is 6.92 Å². The maximum Gasteiger partial charge on any atom is 0.303 e. The highest BCUT2D eigenvalue weighted by molar-refractivity contribution is 5.67. The molecule has 220 valence electrons. The average molecular weight is 547 g/mol. The van der Waals surface area contributed by atoms with Crippen LogP contribution in [0.25, 0.3) is 0 Å². The van der Waals surface area contributed by atoms with Gasteiger partial charge in [0.25, 0.3) is 0 Å². The molecule has 7 nitrogen and oxygen atoms in total. The van der Waals surface area contributed by atoms with Crippen LogP contribution in [0.15, 0.2) is 23.8 Å². The number of allylic oxidation sites excluding steroid dienone is 1. The van der Waals surface area contributed by atoms with Crippen LogP contribution >= 0.6 is 0 Å². The van der Waals surface area contributed by atoms with E-state index in [1.807, 2.05) is 0 Å². The van der Waals surface area contributed by atoms with Gasteiger partial charge in [-0.1, -0.05) is 45.4 Å². The normalized spacial score (nSPS) is 41.8. The molecule has 0 aromatic carbocycles. The third kappa shape index (κ3) is 5.12. The molecule has 4 rings (SSSR count). The molecular formula is C32H50O7. The van der Waals surface area contributed by atoms with Crippen molar-refractivity contribution in [2.24, 2.45) is 40.4 Å². The number of fused-ring (bicyclic) bond motifs is 5. The minimum Gasteiger partial charge on any atom is -0.459 e. The second-order valence-electron chi connectivity index (χ2n) is 14.0. The minimum absolute atomic E-state index is 0.0912. The van der Waals surface area contributed by atoms with Crippen LogP contribution < -0.4 is 0 Å². The molecule has 39 heavy (non-hydrogen) atoms. The predicted octanol–water partition coefficient (Wildman–Crippen LogP) is 4.72. The number of aliphatic hydroxyl groups excluding tert-OH is 2. The summed E-state index contributed by atoms with van der Waals surface area (Å²) in [7, 11) is 0. The van der Waals surface area contributed by atoms with E-state index in [2.05, 4.69) is 40.3 Å². The minimum atomic E-state index is -1.26. The van der Waals surface area contributed by atoms with E-state index >= 15 is 0 Å². The van der Waals surface area contributed by atoms with Gasteiger partial charge in [0.05, 0.1) is 17.8 Å². The highest BCUT2D eigenvalue weighted by atomic mass is 16.6. The van der Waals surface area contributed by atoms with Gasteiger partial charge in [-0.15, -0.1) is 0 Å². The Morgan fingerprint density at radius 1 is 1.05 bits per heavy atom. The Labute approximate surface area is 234 Å². The SMILES string of the molecule is C=C(C[C@@H](O)[C@](C)(O)[C@H]1CC[C@H]2C3=C[C@@H](OC(C)=O)[C@H]4[C@@H](OC(C)=O)[C@@H](O)CC[C@]4(C)[C@H]3CC[C@]12C)C(C)C. The third-order valence-corrected chi connectivity index (χ3v) is 11.3. The van der Waals surface area contributed by atoms with Gasteiger partial charge in [-0.3, -0.25) is 9.59 Å². The zero-order chi connectivity index (χ0) is 29.1. The second-order valence-corrected chi connectivity index (χ2v) is 14.0. The van der Waals surface area contributed by atoms with Crippen LogP contribution in [0.4, 0.5) is 0 Å². The Morgan fingerprint density at radius 3 is 2.23 bits per heavy atom. The zero-order valence-corrected chi connectivity index (χ0v) is 24.9. The monoisotopic (exact) mass is 546 g/mol. The third-order valence-electron chi connectivity index (χ3n) is 11.3. The Bertz CT molecular complexity index is 1010. The van der Waals surface area contributed by atoms with Crippen LogP contribution in [0, 0.1) is 40.4 Å². The van der Waals surface area contributed by atoms with Gasteiger partial charge in [0.1, 0.15) is 12.2 Å². The number of esters is 2. The molecule has 3 N–H and O–H groups in total. The standard InChI is InChI=1S/C32H50O7/c1-17(2)18(3)15-27(36)32(8,37)26-10-9-22-21-16-25(38-19(4)33)28-29(39-20(5)34)24(35)12-14-31(28,7)23(21)11-13-30(22,26)6/h16-17,22-29,35-37H,3,9-15H2,1-2,4-8H3/t22-,23-,24-,25+,26-,27+,28-,29-,30-,31+,32+/m0/s1. The van der Waals surface area contributed by atoms with Crippen LogP contribution in [0.5, 0.6) is 0 Å². The van der Waals surface area contributed by atoms with Crippen molar-refractivity contribution in [1.29, 1.82) is 0 Å². The molecule has 0 spiro atoms. The van der Waals surface area contributed by atoms with Gasteiger partial charge in [0.2, 0.25) is 0 Å². The van der Waals surface area contributed by atoms with Crippen LogP contribution in [0.1, 0.15) is 93.4 Å². The van der Waals surface area contributed by atoms with E-state index in [9.17, 15) is 24.9 Å². The summed E-state index contributed by atoms with van der Waals surface area (Å²) in [6.07, 6.45) is 4.17. The molecule has 0 heterocycles. The van der Waals surface area contributed by atoms with Crippen LogP contribution in [0.3, 0.4) is 0 Å². The van der Waals surface area contributed by atoms with Crippen molar-refractivity contribution in [2.45, 2.75) is 123 Å². The molecule has 4 aliphatic carbocycles. The maximum atomic E-state index is 12.3. The van der Waals surface area contributed by atoms with Gasteiger partial charge in [-0.25, -0.2) is 0 Å². The summed E-state index contributed by atoms with van der Waals surface area (Å²) in [4.78, 5) is 24.3. The summed E-state index contributed by atoms with van der Waals surface area (Å²) in [5, 5.41) is 33.9.